The molecule has 7 heavy (non-hydrogen) atoms. The third-order valence-corrected chi connectivity index (χ3v) is 0. The second-order valence-corrected chi connectivity index (χ2v) is 0. The van der Waals surface area contributed by atoms with Crippen molar-refractivity contribution in [3.63, 3.8) is 0 Å². The molecule has 53 valence electrons. The van der Waals surface area contributed by atoms with Gasteiger partial charge in [0.05, 0.1) is 0 Å². The second kappa shape index (κ2) is 254. The van der Waals surface area contributed by atoms with E-state index in [0.717, 1.165) is 0 Å². The molecule has 0 unspecified atom stereocenters. The minimum absolute atomic E-state index is 0. The predicted octanol–water partition coefficient (Wildman–Crippen LogP) is -1.30. The summed E-state index contributed by atoms with van der Waals surface area (Å²) in [6, 6.07) is 0. The van der Waals surface area contributed by atoms with E-state index in [1.54, 1.807) is 0 Å². The van der Waals surface area contributed by atoms with Crippen molar-refractivity contribution in [3.05, 3.63) is 0 Å². The van der Waals surface area contributed by atoms with Crippen LogP contribution in [0.25, 0.3) is 0 Å². The van der Waals surface area contributed by atoms with E-state index in [2.05, 4.69) is 0 Å². The largest absolute Gasteiger partial charge is 2.00 e. The van der Waals surface area contributed by atoms with Gasteiger partial charge in [0.25, 0.3) is 0 Å². The van der Waals surface area contributed by atoms with E-state index in [1.807, 2.05) is 0 Å². The third kappa shape index (κ3) is 176. The summed E-state index contributed by atoms with van der Waals surface area (Å²) in [6.45, 7) is 0. The molecule has 5 nitrogen and oxygen atoms in total. The van der Waals surface area contributed by atoms with Crippen molar-refractivity contribution in [1.82, 2.24) is 0 Å². The molecule has 0 aliphatic rings. The molecule has 0 aliphatic carbocycles. The summed E-state index contributed by atoms with van der Waals surface area (Å²) in [6.07, 6.45) is 0. The third-order valence-electron chi connectivity index (χ3n) is 0. The van der Waals surface area contributed by atoms with E-state index in [0.29, 0.717) is 0 Å². The summed E-state index contributed by atoms with van der Waals surface area (Å²) in [5.41, 5.74) is 0. The fraction of sp³-hybridized carbons (Fsp3) is 0. The van der Waals surface area contributed by atoms with Crippen LogP contribution in [0.15, 0.2) is 0 Å². The Bertz CT molecular complexity index is 8.04. The molecule has 0 saturated carbocycles. The van der Waals surface area contributed by atoms with Crippen molar-refractivity contribution >= 4 is 0 Å². The maximum absolute atomic E-state index is 0. The Hall–Kier alpha value is 0.995. The first-order valence-electron chi connectivity index (χ1n) is 0. The zero-order valence-electron chi connectivity index (χ0n) is 2.87. The summed E-state index contributed by atoms with van der Waals surface area (Å²) in [7, 11) is 0. The molecule has 0 aromatic heterocycles. The average Bonchev–Trinajstić information content (AvgIpc) is 0. The van der Waals surface area contributed by atoms with Gasteiger partial charge in [0.1, 0.15) is 0 Å². The molecule has 7 heteroatoms. The van der Waals surface area contributed by atoms with Crippen molar-refractivity contribution in [1.29, 1.82) is 0 Å². The van der Waals surface area contributed by atoms with Gasteiger partial charge in [0, 0.05) is 21.1 Å². The molecule has 0 atom stereocenters. The van der Waals surface area contributed by atoms with Crippen LogP contribution in [-0.2, 0) is 59.7 Å². The summed E-state index contributed by atoms with van der Waals surface area (Å²) in [5, 5.41) is 0. The molecule has 0 aromatic rings. The average molecular weight is 237 g/mol. The Kier molecular flexibility index (Phi) is 14300. The van der Waals surface area contributed by atoms with E-state index < -0.39 is 0 Å². The fourth-order valence-electron chi connectivity index (χ4n) is 0. The topological polar surface area (TPSA) is 146 Å². The summed E-state index contributed by atoms with van der Waals surface area (Å²) in [4.78, 5) is 0. The van der Waals surface area contributed by atoms with Gasteiger partial charge in [-0.15, -0.1) is 0 Å². The van der Waals surface area contributed by atoms with Gasteiger partial charge in [0.2, 0.25) is 0 Å². The van der Waals surface area contributed by atoms with Crippen LogP contribution in [0.1, 0.15) is 0 Å². The molecular weight excluding hydrogens is 235 g/mol. The molecule has 0 saturated heterocycles. The van der Waals surface area contributed by atoms with Crippen LogP contribution in [0, 0.1) is 0 Å². The summed E-state index contributed by atoms with van der Waals surface area (Å²) < 4.78 is 0. The zero-order valence-corrected chi connectivity index (χ0v) is 5.92. The first-order valence-corrected chi connectivity index (χ1v) is 0. The molecule has 0 rings (SSSR count). The van der Waals surface area contributed by atoms with Gasteiger partial charge >= 0.3 is 16.8 Å². The molecule has 0 aliphatic heterocycles. The Morgan fingerprint density at radius 3 is 0.571 bits per heavy atom. The molecule has 0 spiro atoms. The second-order valence-electron chi connectivity index (χ2n) is 0. The van der Waals surface area contributed by atoms with E-state index >= 15 is 0 Å². The first kappa shape index (κ1) is 395. The van der Waals surface area contributed by atoms with Crippen LogP contribution >= 0.6 is 0 Å². The van der Waals surface area contributed by atoms with Gasteiger partial charge in [-0.05, 0) is 0 Å². The smallest absolute Gasteiger partial charge is 2.00 e. The Morgan fingerprint density at radius 2 is 0.571 bits per heavy atom. The van der Waals surface area contributed by atoms with Crippen molar-refractivity contribution < 1.29 is 65.2 Å². The quantitative estimate of drug-likeness (QED) is 0.460. The van der Waals surface area contributed by atoms with Gasteiger partial charge in [-0.1, -0.05) is 0 Å². The number of hydrogen-bond donors (Lipinski definition) is 0. The van der Waals surface area contributed by atoms with Crippen LogP contribution in [0.3, 0.4) is 0 Å². The minimum atomic E-state index is 0. The molecule has 0 bridgehead atoms. The fourth-order valence-corrected chi connectivity index (χ4v) is 0. The van der Waals surface area contributed by atoms with Crippen LogP contribution in [0.2, 0.25) is 0 Å². The van der Waals surface area contributed by atoms with Crippen LogP contribution in [-0.4, -0.2) is 5.48 Å². The first-order chi connectivity index (χ1) is 0. The summed E-state index contributed by atoms with van der Waals surface area (Å²) >= 11 is 0. The Morgan fingerprint density at radius 1 is 0.571 bits per heavy atom. The van der Waals surface area contributed by atoms with Crippen molar-refractivity contribution in [2.45, 2.75) is 0 Å². The predicted molar refractivity (Wildman–Crippen MR) is 6.36 cm³/mol. The van der Waals surface area contributed by atoms with Gasteiger partial charge in [0.15, 0.2) is 0 Å². The molecule has 0 fully saturated rings. The maximum atomic E-state index is 0. The Balaban J connectivity index is 0. The minimum Gasteiger partial charge on any atom is -2.00 e. The van der Waals surface area contributed by atoms with E-state index in [9.17, 15) is 0 Å². The molecule has 2 N–H and O–H groups in total. The molecular formula is H2CoMoO5-6. The maximum Gasteiger partial charge on any atom is 2.00 e. The molecule has 0 amide bonds. The van der Waals surface area contributed by atoms with Crippen molar-refractivity contribution in [2.24, 2.45) is 0 Å². The van der Waals surface area contributed by atoms with Crippen LogP contribution in [0.5, 0.6) is 0 Å². The van der Waals surface area contributed by atoms with Gasteiger partial charge < -0.3 is 27.4 Å². The number of hydrogen-bond acceptors (Lipinski definition) is 0. The van der Waals surface area contributed by atoms with E-state index in [-0.39, 0.29) is 65.2 Å². The Labute approximate surface area is 65.5 Å². The molecule has 0 aromatic carbocycles. The normalized spacial score (nSPS) is 0. The van der Waals surface area contributed by atoms with Gasteiger partial charge in [-0.25, -0.2) is 0 Å². The standard InChI is InChI=1S/Co.Mo.H2O.4O/h;;1H2;;;;/q+2;;;4*-2. The van der Waals surface area contributed by atoms with Gasteiger partial charge in [-0.2, -0.15) is 0 Å². The zero-order chi connectivity index (χ0) is 0. The monoisotopic (exact) mass is 239 g/mol. The molecule has 0 heterocycles. The van der Waals surface area contributed by atoms with Gasteiger partial charge in [-0.3, -0.25) is 0 Å². The van der Waals surface area contributed by atoms with Crippen molar-refractivity contribution in [2.75, 3.05) is 0 Å². The van der Waals surface area contributed by atoms with E-state index in [4.69, 9.17) is 0 Å². The summed E-state index contributed by atoms with van der Waals surface area (Å²) in [5.74, 6) is 0. The van der Waals surface area contributed by atoms with Crippen LogP contribution < -0.4 is 0 Å². The molecule has 1 radical (unpaired) electrons. The SMILES string of the molecule is O.[Co+2].[Mo].[O-2].[O-2].[O-2].[O-2]. The van der Waals surface area contributed by atoms with E-state index in [1.165, 1.54) is 0 Å². The van der Waals surface area contributed by atoms with Crippen molar-refractivity contribution in [3.8, 4) is 0 Å². The number of rotatable bonds is 0. The van der Waals surface area contributed by atoms with Crippen LogP contribution in [0.4, 0.5) is 0 Å².